The number of carbonyl (C=O) groups excluding carboxylic acids is 1. The number of aromatic nitrogens is 2. The molecule has 1 atom stereocenters. The lowest BCUT2D eigenvalue weighted by atomic mass is 10.0. The van der Waals surface area contributed by atoms with Crippen LogP contribution in [-0.2, 0) is 30.7 Å². The quantitative estimate of drug-likeness (QED) is 0.249. The molecule has 0 aliphatic rings. The minimum Gasteiger partial charge on any atom is -0.480 e. The molecular weight excluding hydrogens is 583 g/mol. The highest BCUT2D eigenvalue weighted by molar-refractivity contribution is 7.92. The largest absolute Gasteiger partial charge is 0.480 e. The molecule has 2 aromatic carbocycles. The molecule has 0 aliphatic heterocycles. The number of halogens is 1. The number of nitrogens with two attached hydrogens (primary N) is 1. The molecule has 1 amide bonds. The summed E-state index contributed by atoms with van der Waals surface area (Å²) >= 11 is 1.45. The van der Waals surface area contributed by atoms with Gasteiger partial charge < -0.3 is 15.6 Å². The Balaban J connectivity index is 1.82. The number of benzene rings is 2. The fourth-order valence-electron chi connectivity index (χ4n) is 4.08. The fourth-order valence-corrected chi connectivity index (χ4v) is 6.39. The molecule has 220 valence electrons. The van der Waals surface area contributed by atoms with Crippen LogP contribution < -0.4 is 10.6 Å². The number of amides is 1. The number of nitrogens with zero attached hydrogens (tertiary/aromatic N) is 3. The highest BCUT2D eigenvalue weighted by atomic mass is 32.2. The van der Waals surface area contributed by atoms with Crippen LogP contribution in [0, 0.1) is 5.82 Å². The van der Waals surface area contributed by atoms with E-state index in [1.54, 1.807) is 51.2 Å². The summed E-state index contributed by atoms with van der Waals surface area (Å²) in [7, 11) is -4.45. The van der Waals surface area contributed by atoms with Crippen molar-refractivity contribution in [3.05, 3.63) is 95.4 Å². The number of thiazole rings is 1. The third kappa shape index (κ3) is 6.81. The summed E-state index contributed by atoms with van der Waals surface area (Å²) in [5, 5.41) is 12.1. The highest BCUT2D eigenvalue weighted by Crippen LogP contribution is 2.35. The number of anilines is 1. The SMILES string of the molecule is CC(C)(C)OC(=O)N(CC(=O)O)c1cccc(C(N)(Cc2ccc(-c3nccs3)cc2)S(=O)(=O)c2ccc(F)cc2)n1. The summed E-state index contributed by atoms with van der Waals surface area (Å²) < 4.78 is 47.3. The van der Waals surface area contributed by atoms with Crippen LogP contribution in [0.25, 0.3) is 10.6 Å². The first-order chi connectivity index (χ1) is 19.7. The lowest BCUT2D eigenvalue weighted by Gasteiger charge is -2.31. The van der Waals surface area contributed by atoms with Gasteiger partial charge in [-0.15, -0.1) is 11.3 Å². The molecule has 0 bridgehead atoms. The van der Waals surface area contributed by atoms with Gasteiger partial charge in [0, 0.05) is 23.6 Å². The van der Waals surface area contributed by atoms with Gasteiger partial charge in [-0.3, -0.25) is 9.69 Å². The monoisotopic (exact) mass is 612 g/mol. The van der Waals surface area contributed by atoms with E-state index in [0.717, 1.165) is 39.7 Å². The second kappa shape index (κ2) is 12.0. The second-order valence-electron chi connectivity index (χ2n) is 10.4. The number of ether oxygens (including phenoxy) is 1. The zero-order valence-corrected chi connectivity index (χ0v) is 24.7. The highest BCUT2D eigenvalue weighted by Gasteiger charge is 2.45. The molecule has 2 heterocycles. The van der Waals surface area contributed by atoms with E-state index in [1.807, 2.05) is 5.38 Å². The van der Waals surface area contributed by atoms with E-state index in [9.17, 15) is 27.5 Å². The van der Waals surface area contributed by atoms with Crippen LogP contribution in [0.2, 0.25) is 0 Å². The molecule has 0 saturated carbocycles. The van der Waals surface area contributed by atoms with Gasteiger partial charge in [0.15, 0.2) is 4.87 Å². The van der Waals surface area contributed by atoms with E-state index in [4.69, 9.17) is 10.5 Å². The van der Waals surface area contributed by atoms with Crippen LogP contribution in [0.4, 0.5) is 15.0 Å². The predicted molar refractivity (Wildman–Crippen MR) is 156 cm³/mol. The smallest absolute Gasteiger partial charge is 0.416 e. The van der Waals surface area contributed by atoms with Crippen molar-refractivity contribution in [1.82, 2.24) is 9.97 Å². The minimum atomic E-state index is -4.45. The molecule has 1 unspecified atom stereocenters. The van der Waals surface area contributed by atoms with Crippen LogP contribution in [0.3, 0.4) is 0 Å². The third-order valence-corrected chi connectivity index (χ3v) is 9.08. The first-order valence-electron chi connectivity index (χ1n) is 12.7. The van der Waals surface area contributed by atoms with Crippen molar-refractivity contribution in [2.45, 2.75) is 42.6 Å². The van der Waals surface area contributed by atoms with Crippen LogP contribution in [0.5, 0.6) is 0 Å². The molecule has 13 heteroatoms. The van der Waals surface area contributed by atoms with Gasteiger partial charge in [0.05, 0.1) is 10.6 Å². The number of hydrogen-bond donors (Lipinski definition) is 2. The third-order valence-electron chi connectivity index (χ3n) is 6.06. The number of carboxylic acid groups (broad SMARTS) is 1. The van der Waals surface area contributed by atoms with Crippen molar-refractivity contribution in [3.63, 3.8) is 0 Å². The van der Waals surface area contributed by atoms with Crippen molar-refractivity contribution in [2.24, 2.45) is 5.73 Å². The van der Waals surface area contributed by atoms with E-state index in [-0.39, 0.29) is 22.8 Å². The molecular formula is C29H29FN4O6S2. The average Bonchev–Trinajstić information content (AvgIpc) is 3.46. The van der Waals surface area contributed by atoms with Gasteiger partial charge in [-0.2, -0.15) is 0 Å². The number of carbonyl (C=O) groups is 2. The summed E-state index contributed by atoms with van der Waals surface area (Å²) in [6.45, 7) is 4.06. The van der Waals surface area contributed by atoms with Crippen LogP contribution in [0.15, 0.2) is 83.2 Å². The maximum Gasteiger partial charge on any atom is 0.416 e. The number of carboxylic acids is 1. The van der Waals surface area contributed by atoms with Gasteiger partial charge in [0.25, 0.3) is 0 Å². The topological polar surface area (TPSA) is 153 Å². The fraction of sp³-hybridized carbons (Fsp3) is 0.241. The minimum absolute atomic E-state index is 0.160. The zero-order valence-electron chi connectivity index (χ0n) is 23.0. The van der Waals surface area contributed by atoms with Crippen molar-refractivity contribution in [3.8, 4) is 10.6 Å². The van der Waals surface area contributed by atoms with Crippen LogP contribution >= 0.6 is 11.3 Å². The van der Waals surface area contributed by atoms with Crippen molar-refractivity contribution >= 4 is 39.1 Å². The molecule has 4 aromatic rings. The summed E-state index contributed by atoms with van der Waals surface area (Å²) in [6, 6.07) is 15.4. The van der Waals surface area contributed by atoms with E-state index >= 15 is 0 Å². The van der Waals surface area contributed by atoms with E-state index in [2.05, 4.69) is 9.97 Å². The van der Waals surface area contributed by atoms with E-state index in [0.29, 0.717) is 5.56 Å². The molecule has 0 spiro atoms. The maximum absolute atomic E-state index is 14.1. The van der Waals surface area contributed by atoms with Gasteiger partial charge in [0.2, 0.25) is 9.84 Å². The molecule has 3 N–H and O–H groups in total. The Morgan fingerprint density at radius 3 is 2.29 bits per heavy atom. The normalized spacial score (nSPS) is 13.3. The van der Waals surface area contributed by atoms with Gasteiger partial charge in [-0.25, -0.2) is 27.6 Å². The summed E-state index contributed by atoms with van der Waals surface area (Å²) in [5.41, 5.74) is 7.05. The number of sulfone groups is 1. The van der Waals surface area contributed by atoms with Crippen molar-refractivity contribution in [1.29, 1.82) is 0 Å². The number of aliphatic carboxylic acids is 1. The lowest BCUT2D eigenvalue weighted by Crippen LogP contribution is -2.48. The Kier molecular flexibility index (Phi) is 8.76. The van der Waals surface area contributed by atoms with E-state index in [1.165, 1.54) is 29.5 Å². The Morgan fingerprint density at radius 1 is 1.05 bits per heavy atom. The van der Waals surface area contributed by atoms with Crippen molar-refractivity contribution in [2.75, 3.05) is 11.4 Å². The molecule has 42 heavy (non-hydrogen) atoms. The Bertz CT molecular complexity index is 1670. The van der Waals surface area contributed by atoms with Gasteiger partial charge in [0.1, 0.15) is 28.8 Å². The summed E-state index contributed by atoms with van der Waals surface area (Å²) in [5.74, 6) is -2.14. The van der Waals surface area contributed by atoms with Crippen LogP contribution in [0.1, 0.15) is 32.0 Å². The molecule has 10 nitrogen and oxygen atoms in total. The lowest BCUT2D eigenvalue weighted by molar-refractivity contribution is -0.135. The van der Waals surface area contributed by atoms with Crippen LogP contribution in [-0.4, -0.2) is 47.7 Å². The molecule has 2 aromatic heterocycles. The molecule has 0 fully saturated rings. The van der Waals surface area contributed by atoms with Gasteiger partial charge in [-0.1, -0.05) is 30.3 Å². The molecule has 0 radical (unpaired) electrons. The number of hydrogen-bond acceptors (Lipinski definition) is 9. The summed E-state index contributed by atoms with van der Waals surface area (Å²) in [6.07, 6.45) is 0.431. The molecule has 0 aliphatic carbocycles. The number of rotatable bonds is 9. The predicted octanol–water partition coefficient (Wildman–Crippen LogP) is 5.00. The van der Waals surface area contributed by atoms with Gasteiger partial charge >= 0.3 is 12.1 Å². The first-order valence-corrected chi connectivity index (χ1v) is 15.0. The average molecular weight is 613 g/mol. The first kappa shape index (κ1) is 30.8. The Morgan fingerprint density at radius 2 is 1.71 bits per heavy atom. The standard InChI is InChI=1S/C29H29FN4O6S2/c1-28(2,3)40-27(37)34(18-25(35)36)24-6-4-5-23(33-24)29(31,42(38,39)22-13-11-21(30)12-14-22)17-19-7-9-20(10-8-19)26-32-15-16-41-26/h4-16H,17-18,31H2,1-3H3,(H,35,36). The number of pyridine rings is 1. The van der Waals surface area contributed by atoms with Gasteiger partial charge in [-0.05, 0) is 62.7 Å². The Hall–Kier alpha value is -4.20. The maximum atomic E-state index is 14.1. The van der Waals surface area contributed by atoms with E-state index < -0.39 is 44.7 Å². The Labute approximate surface area is 246 Å². The second-order valence-corrected chi connectivity index (χ2v) is 13.5. The zero-order chi connectivity index (χ0) is 30.7. The summed E-state index contributed by atoms with van der Waals surface area (Å²) in [4.78, 5) is 31.6. The molecule has 0 saturated heterocycles. The van der Waals surface area contributed by atoms with Crippen molar-refractivity contribution < 1.29 is 32.2 Å². The molecule has 4 rings (SSSR count).